The molecule has 0 fully saturated rings. The third-order valence-electron chi connectivity index (χ3n) is 6.11. The van der Waals surface area contributed by atoms with Crippen LogP contribution < -0.4 is 14.4 Å². The average molecular weight is 576 g/mol. The van der Waals surface area contributed by atoms with Crippen LogP contribution in [0, 0.1) is 12.7 Å². The van der Waals surface area contributed by atoms with Gasteiger partial charge in [-0.25, -0.2) is 12.8 Å². The Bertz CT molecular complexity index is 1430. The van der Waals surface area contributed by atoms with Crippen molar-refractivity contribution < 1.29 is 27.1 Å². The number of nitrogens with one attached hydrogen (secondary N) is 1. The maximum atomic E-state index is 14.6. The zero-order valence-electron chi connectivity index (χ0n) is 22.1. The van der Waals surface area contributed by atoms with Crippen molar-refractivity contribution in [3.8, 4) is 5.75 Å². The van der Waals surface area contributed by atoms with E-state index in [0.717, 1.165) is 14.8 Å². The minimum atomic E-state index is -4.31. The number of anilines is 1. The Balaban J connectivity index is 2.11. The normalized spacial score (nSPS) is 11.9. The highest BCUT2D eigenvalue weighted by Crippen LogP contribution is 2.35. The summed E-state index contributed by atoms with van der Waals surface area (Å²) in [5.41, 5.74) is 1.06. The summed E-state index contributed by atoms with van der Waals surface area (Å²) in [6.07, 6.45) is 0. The number of methoxy groups -OCH3 is 1. The summed E-state index contributed by atoms with van der Waals surface area (Å²) in [6, 6.07) is 15.4. The van der Waals surface area contributed by atoms with Gasteiger partial charge in [0, 0.05) is 23.7 Å². The number of hydrogen-bond donors (Lipinski definition) is 1. The van der Waals surface area contributed by atoms with E-state index in [2.05, 4.69) is 5.32 Å². The quantitative estimate of drug-likeness (QED) is 0.362. The SMILES string of the molecule is CCNC(=O)[C@H](C)N(Cc1ccccc1F)C(=O)CN(c1cc(Cl)ccc1OC)S(=O)(=O)c1ccc(C)cc1. The van der Waals surface area contributed by atoms with Crippen LogP contribution in [0.5, 0.6) is 5.75 Å². The molecular weight excluding hydrogens is 545 g/mol. The van der Waals surface area contributed by atoms with Crippen LogP contribution in [-0.4, -0.2) is 51.4 Å². The molecule has 2 amide bonds. The summed E-state index contributed by atoms with van der Waals surface area (Å²) in [5.74, 6) is -1.58. The van der Waals surface area contributed by atoms with Crippen LogP contribution >= 0.6 is 11.6 Å². The molecule has 3 aromatic rings. The second kappa shape index (κ2) is 12.9. The third kappa shape index (κ3) is 7.07. The second-order valence-electron chi connectivity index (χ2n) is 8.82. The fraction of sp³-hybridized carbons (Fsp3) is 0.286. The van der Waals surface area contributed by atoms with Crippen LogP contribution in [0.4, 0.5) is 10.1 Å². The first-order valence-electron chi connectivity index (χ1n) is 12.2. The molecule has 3 rings (SSSR count). The summed E-state index contributed by atoms with van der Waals surface area (Å²) in [4.78, 5) is 27.7. The molecular formula is C28H31ClFN3O5S. The first-order valence-corrected chi connectivity index (χ1v) is 14.0. The van der Waals surface area contributed by atoms with E-state index >= 15 is 0 Å². The molecule has 39 heavy (non-hydrogen) atoms. The fourth-order valence-corrected chi connectivity index (χ4v) is 5.51. The molecule has 1 atom stereocenters. The number of likely N-dealkylation sites (N-methyl/N-ethyl adjacent to an activating group) is 1. The lowest BCUT2D eigenvalue weighted by Gasteiger charge is -2.32. The Hall–Kier alpha value is -3.63. The molecule has 0 aromatic heterocycles. The van der Waals surface area contributed by atoms with Crippen molar-refractivity contribution >= 4 is 39.1 Å². The maximum absolute atomic E-state index is 14.6. The molecule has 11 heteroatoms. The zero-order valence-corrected chi connectivity index (χ0v) is 23.7. The molecule has 0 heterocycles. The summed E-state index contributed by atoms with van der Waals surface area (Å²) >= 11 is 6.22. The summed E-state index contributed by atoms with van der Waals surface area (Å²) in [7, 11) is -2.95. The smallest absolute Gasteiger partial charge is 0.264 e. The van der Waals surface area contributed by atoms with Crippen LogP contribution in [0.1, 0.15) is 25.0 Å². The van der Waals surface area contributed by atoms with Crippen molar-refractivity contribution in [2.45, 2.75) is 38.3 Å². The van der Waals surface area contributed by atoms with E-state index in [0.29, 0.717) is 6.54 Å². The predicted octanol–water partition coefficient (Wildman–Crippen LogP) is 4.54. The van der Waals surface area contributed by atoms with Gasteiger partial charge in [0.15, 0.2) is 0 Å². The molecule has 0 saturated heterocycles. The third-order valence-corrected chi connectivity index (χ3v) is 8.12. The number of rotatable bonds is 11. The van der Waals surface area contributed by atoms with E-state index in [-0.39, 0.29) is 33.5 Å². The van der Waals surface area contributed by atoms with Gasteiger partial charge in [0.05, 0.1) is 17.7 Å². The first kappa shape index (κ1) is 29.9. The van der Waals surface area contributed by atoms with Crippen molar-refractivity contribution in [3.63, 3.8) is 0 Å². The molecule has 0 aliphatic heterocycles. The Morgan fingerprint density at radius 2 is 1.74 bits per heavy atom. The highest BCUT2D eigenvalue weighted by Gasteiger charge is 2.34. The monoisotopic (exact) mass is 575 g/mol. The largest absolute Gasteiger partial charge is 0.495 e. The predicted molar refractivity (Wildman–Crippen MR) is 149 cm³/mol. The van der Waals surface area contributed by atoms with E-state index in [4.69, 9.17) is 16.3 Å². The van der Waals surface area contributed by atoms with Gasteiger partial charge in [0.2, 0.25) is 11.8 Å². The van der Waals surface area contributed by atoms with Crippen LogP contribution in [0.25, 0.3) is 0 Å². The maximum Gasteiger partial charge on any atom is 0.264 e. The van der Waals surface area contributed by atoms with Crippen LogP contribution in [0.2, 0.25) is 5.02 Å². The van der Waals surface area contributed by atoms with E-state index in [1.165, 1.54) is 62.6 Å². The number of amides is 2. The molecule has 3 aromatic carbocycles. The topological polar surface area (TPSA) is 96.0 Å². The van der Waals surface area contributed by atoms with Gasteiger partial charge in [-0.3, -0.25) is 13.9 Å². The minimum absolute atomic E-state index is 0.0374. The van der Waals surface area contributed by atoms with Gasteiger partial charge in [-0.15, -0.1) is 0 Å². The number of carbonyl (C=O) groups excluding carboxylic acids is 2. The van der Waals surface area contributed by atoms with E-state index in [1.807, 2.05) is 6.92 Å². The molecule has 0 aliphatic carbocycles. The van der Waals surface area contributed by atoms with Crippen molar-refractivity contribution in [2.24, 2.45) is 0 Å². The number of ether oxygens (including phenoxy) is 1. The Kier molecular flexibility index (Phi) is 9.93. The molecule has 0 spiro atoms. The molecule has 0 saturated carbocycles. The number of halogens is 2. The number of nitrogens with zero attached hydrogens (tertiary/aromatic N) is 2. The molecule has 0 bridgehead atoms. The Labute approximate surface area is 233 Å². The van der Waals surface area contributed by atoms with E-state index in [9.17, 15) is 22.4 Å². The minimum Gasteiger partial charge on any atom is -0.495 e. The van der Waals surface area contributed by atoms with Crippen molar-refractivity contribution in [1.82, 2.24) is 10.2 Å². The Morgan fingerprint density at radius 1 is 1.08 bits per heavy atom. The van der Waals surface area contributed by atoms with Gasteiger partial charge in [0.1, 0.15) is 24.2 Å². The summed E-state index contributed by atoms with van der Waals surface area (Å²) in [5, 5.41) is 2.88. The Morgan fingerprint density at radius 3 is 2.36 bits per heavy atom. The standard InChI is InChI=1S/C28H31ClFN3O5S/c1-5-31-28(35)20(3)32(17-21-8-6-7-9-24(21)30)27(34)18-33(25-16-22(29)12-15-26(25)38-4)39(36,37)23-13-10-19(2)11-14-23/h6-16,20H,5,17-18H2,1-4H3,(H,31,35)/t20-/m0/s1. The number of sulfonamides is 1. The average Bonchev–Trinajstić information content (AvgIpc) is 2.91. The molecule has 8 nitrogen and oxygen atoms in total. The van der Waals surface area contributed by atoms with Crippen LogP contribution in [0.3, 0.4) is 0 Å². The van der Waals surface area contributed by atoms with Gasteiger partial charge >= 0.3 is 0 Å². The molecule has 0 radical (unpaired) electrons. The number of carbonyl (C=O) groups is 2. The summed E-state index contributed by atoms with van der Waals surface area (Å²) in [6.45, 7) is 4.41. The van der Waals surface area contributed by atoms with Gasteiger partial charge < -0.3 is 15.0 Å². The highest BCUT2D eigenvalue weighted by molar-refractivity contribution is 7.92. The summed E-state index contributed by atoms with van der Waals surface area (Å²) < 4.78 is 48.7. The van der Waals surface area contributed by atoms with E-state index in [1.54, 1.807) is 25.1 Å². The number of hydrogen-bond acceptors (Lipinski definition) is 5. The molecule has 208 valence electrons. The highest BCUT2D eigenvalue weighted by atomic mass is 35.5. The van der Waals surface area contributed by atoms with Gasteiger partial charge in [-0.2, -0.15) is 0 Å². The van der Waals surface area contributed by atoms with Crippen LogP contribution in [-0.2, 0) is 26.2 Å². The zero-order chi connectivity index (χ0) is 28.7. The number of benzene rings is 3. The lowest BCUT2D eigenvalue weighted by atomic mass is 10.1. The van der Waals surface area contributed by atoms with Gasteiger partial charge in [0.25, 0.3) is 10.0 Å². The van der Waals surface area contributed by atoms with Gasteiger partial charge in [-0.1, -0.05) is 47.5 Å². The lowest BCUT2D eigenvalue weighted by Crippen LogP contribution is -2.51. The van der Waals surface area contributed by atoms with Crippen molar-refractivity contribution in [3.05, 3.63) is 88.7 Å². The van der Waals surface area contributed by atoms with Gasteiger partial charge in [-0.05, 0) is 57.2 Å². The second-order valence-corrected chi connectivity index (χ2v) is 11.1. The molecule has 0 unspecified atom stereocenters. The van der Waals surface area contributed by atoms with Crippen molar-refractivity contribution in [1.29, 1.82) is 0 Å². The first-order chi connectivity index (χ1) is 18.5. The van der Waals surface area contributed by atoms with E-state index < -0.39 is 40.2 Å². The molecule has 1 N–H and O–H groups in total. The van der Waals surface area contributed by atoms with Crippen molar-refractivity contribution in [2.75, 3.05) is 24.5 Å². The molecule has 0 aliphatic rings. The van der Waals surface area contributed by atoms with Crippen LogP contribution in [0.15, 0.2) is 71.6 Å². The number of aryl methyl sites for hydroxylation is 1. The fourth-order valence-electron chi connectivity index (χ4n) is 3.92. The lowest BCUT2D eigenvalue weighted by molar-refractivity contribution is -0.139.